The summed E-state index contributed by atoms with van der Waals surface area (Å²) >= 11 is 6.20. The van der Waals surface area contributed by atoms with E-state index in [0.29, 0.717) is 17.9 Å². The van der Waals surface area contributed by atoms with Gasteiger partial charge in [-0.3, -0.25) is 14.8 Å². The fraction of sp³-hybridized carbons (Fsp3) is 0.278. The summed E-state index contributed by atoms with van der Waals surface area (Å²) in [5.74, 6) is -0.0496. The van der Waals surface area contributed by atoms with Gasteiger partial charge in [0.05, 0.1) is 11.4 Å². The molecule has 1 aromatic carbocycles. The Hall–Kier alpha value is -2.24. The maximum atomic E-state index is 12.9. The third-order valence-corrected chi connectivity index (χ3v) is 4.83. The van der Waals surface area contributed by atoms with Crippen LogP contribution < -0.4 is 10.6 Å². The Morgan fingerprint density at radius 3 is 2.75 bits per heavy atom. The number of nitrogens with zero attached hydrogens (tertiary/aromatic N) is 2. The summed E-state index contributed by atoms with van der Waals surface area (Å²) in [6, 6.07) is 9.30. The lowest BCUT2D eigenvalue weighted by molar-refractivity contribution is -0.121. The molecule has 0 unspecified atom stereocenters. The molecule has 6 heteroatoms. The van der Waals surface area contributed by atoms with Crippen LogP contribution in [0.15, 0.2) is 47.7 Å². The zero-order chi connectivity index (χ0) is 16.6. The lowest BCUT2D eigenvalue weighted by atomic mass is 9.87. The molecular weight excluding hydrogens is 324 g/mol. The first-order chi connectivity index (χ1) is 11.7. The van der Waals surface area contributed by atoms with E-state index in [9.17, 15) is 4.79 Å². The molecule has 3 heterocycles. The van der Waals surface area contributed by atoms with E-state index in [0.717, 1.165) is 35.6 Å². The highest BCUT2D eigenvalue weighted by Crippen LogP contribution is 2.34. The molecule has 4 rings (SSSR count). The van der Waals surface area contributed by atoms with Crippen molar-refractivity contribution < 1.29 is 4.79 Å². The Balaban J connectivity index is 1.94. The zero-order valence-electron chi connectivity index (χ0n) is 13.1. The summed E-state index contributed by atoms with van der Waals surface area (Å²) < 4.78 is 0. The van der Waals surface area contributed by atoms with Crippen LogP contribution in [0.1, 0.15) is 24.0 Å². The molecule has 122 valence electrons. The minimum atomic E-state index is -0.748. The molecular formula is C18H17ClN4O. The Morgan fingerprint density at radius 2 is 2.00 bits per heavy atom. The van der Waals surface area contributed by atoms with Crippen molar-refractivity contribution in [1.82, 2.24) is 10.3 Å². The van der Waals surface area contributed by atoms with E-state index in [-0.39, 0.29) is 5.91 Å². The predicted octanol–water partition coefficient (Wildman–Crippen LogP) is 2.65. The Labute approximate surface area is 145 Å². The van der Waals surface area contributed by atoms with Gasteiger partial charge in [-0.25, -0.2) is 0 Å². The van der Waals surface area contributed by atoms with E-state index in [1.165, 1.54) is 0 Å². The van der Waals surface area contributed by atoms with Gasteiger partial charge < -0.3 is 10.6 Å². The van der Waals surface area contributed by atoms with E-state index in [2.05, 4.69) is 15.6 Å². The Kier molecular flexibility index (Phi) is 3.82. The SMILES string of the molecule is O=C1Nc2ccc(Cl)cc2C(c2cccnc2)=NC12CCNCC2. The van der Waals surface area contributed by atoms with E-state index in [1.807, 2.05) is 24.3 Å². The maximum absolute atomic E-state index is 12.9. The van der Waals surface area contributed by atoms with Gasteiger partial charge in [0.15, 0.2) is 0 Å². The van der Waals surface area contributed by atoms with E-state index >= 15 is 0 Å². The molecule has 5 nitrogen and oxygen atoms in total. The number of aliphatic imine (C=N–C) groups is 1. The molecule has 2 aliphatic rings. The standard InChI is InChI=1S/C18H17ClN4O/c19-13-3-4-15-14(10-13)16(12-2-1-7-21-11-12)23-18(17(24)22-15)5-8-20-9-6-18/h1-4,7,10-11,20H,5-6,8-9H2,(H,22,24). The van der Waals surface area contributed by atoms with Gasteiger partial charge in [0, 0.05) is 28.5 Å². The van der Waals surface area contributed by atoms with Crippen molar-refractivity contribution in [2.75, 3.05) is 18.4 Å². The molecule has 1 spiro atoms. The molecule has 2 aromatic rings. The number of hydrogen-bond acceptors (Lipinski definition) is 4. The summed E-state index contributed by atoms with van der Waals surface area (Å²) in [7, 11) is 0. The second-order valence-corrected chi connectivity index (χ2v) is 6.56. The second kappa shape index (κ2) is 6.00. The van der Waals surface area contributed by atoms with Crippen LogP contribution >= 0.6 is 11.6 Å². The van der Waals surface area contributed by atoms with E-state index in [4.69, 9.17) is 16.6 Å². The van der Waals surface area contributed by atoms with Crippen molar-refractivity contribution in [1.29, 1.82) is 0 Å². The van der Waals surface area contributed by atoms with Gasteiger partial charge in [0.1, 0.15) is 5.54 Å². The minimum Gasteiger partial charge on any atom is -0.323 e. The topological polar surface area (TPSA) is 66.4 Å². The summed E-state index contributed by atoms with van der Waals surface area (Å²) in [5.41, 5.74) is 2.47. The smallest absolute Gasteiger partial charge is 0.252 e. The first-order valence-electron chi connectivity index (χ1n) is 8.00. The van der Waals surface area contributed by atoms with Gasteiger partial charge in [-0.15, -0.1) is 0 Å². The van der Waals surface area contributed by atoms with Crippen LogP contribution in [0.4, 0.5) is 5.69 Å². The van der Waals surface area contributed by atoms with Crippen molar-refractivity contribution >= 4 is 28.9 Å². The van der Waals surface area contributed by atoms with Crippen molar-refractivity contribution in [3.8, 4) is 0 Å². The third-order valence-electron chi connectivity index (χ3n) is 4.60. The van der Waals surface area contributed by atoms with Gasteiger partial charge in [-0.05, 0) is 56.3 Å². The number of rotatable bonds is 1. The highest BCUT2D eigenvalue weighted by molar-refractivity contribution is 6.32. The minimum absolute atomic E-state index is 0.0496. The monoisotopic (exact) mass is 340 g/mol. The highest BCUT2D eigenvalue weighted by Gasteiger charge is 2.42. The first-order valence-corrected chi connectivity index (χ1v) is 8.38. The van der Waals surface area contributed by atoms with Gasteiger partial charge in [-0.2, -0.15) is 0 Å². The number of nitrogens with one attached hydrogen (secondary N) is 2. The van der Waals surface area contributed by atoms with Crippen molar-refractivity contribution in [3.05, 3.63) is 58.9 Å². The fourth-order valence-electron chi connectivity index (χ4n) is 3.29. The molecule has 1 amide bonds. The number of carbonyl (C=O) groups excluding carboxylic acids is 1. The second-order valence-electron chi connectivity index (χ2n) is 6.13. The number of carbonyl (C=O) groups is 1. The quantitative estimate of drug-likeness (QED) is 0.838. The molecule has 2 N–H and O–H groups in total. The predicted molar refractivity (Wildman–Crippen MR) is 94.8 cm³/mol. The average molecular weight is 341 g/mol. The van der Waals surface area contributed by atoms with E-state index in [1.54, 1.807) is 18.5 Å². The van der Waals surface area contributed by atoms with Crippen molar-refractivity contribution in [3.63, 3.8) is 0 Å². The number of fused-ring (bicyclic) bond motifs is 1. The molecule has 0 aliphatic carbocycles. The molecule has 24 heavy (non-hydrogen) atoms. The van der Waals surface area contributed by atoms with Gasteiger partial charge in [-0.1, -0.05) is 11.6 Å². The molecule has 2 aliphatic heterocycles. The number of hydrogen-bond donors (Lipinski definition) is 2. The molecule has 0 radical (unpaired) electrons. The molecule has 0 bridgehead atoms. The first kappa shape index (κ1) is 15.3. The number of anilines is 1. The van der Waals surface area contributed by atoms with Crippen LogP contribution in [0.5, 0.6) is 0 Å². The van der Waals surface area contributed by atoms with Gasteiger partial charge in [0.25, 0.3) is 5.91 Å². The molecule has 1 saturated heterocycles. The van der Waals surface area contributed by atoms with Crippen molar-refractivity contribution in [2.45, 2.75) is 18.4 Å². The average Bonchev–Trinajstić information content (AvgIpc) is 2.73. The molecule has 0 saturated carbocycles. The van der Waals surface area contributed by atoms with E-state index < -0.39 is 5.54 Å². The molecule has 1 fully saturated rings. The normalized spacial score (nSPS) is 19.2. The summed E-state index contributed by atoms with van der Waals surface area (Å²) in [6.45, 7) is 1.54. The number of amides is 1. The zero-order valence-corrected chi connectivity index (χ0v) is 13.8. The molecule has 0 atom stereocenters. The lowest BCUT2D eigenvalue weighted by Crippen LogP contribution is -2.49. The number of piperidine rings is 1. The van der Waals surface area contributed by atoms with Crippen LogP contribution in [0.25, 0.3) is 0 Å². The number of aromatic nitrogens is 1. The summed E-state index contributed by atoms with van der Waals surface area (Å²) in [6.07, 6.45) is 4.84. The van der Waals surface area contributed by atoms with Crippen LogP contribution in [0, 0.1) is 0 Å². The summed E-state index contributed by atoms with van der Waals surface area (Å²) in [5, 5.41) is 6.96. The highest BCUT2D eigenvalue weighted by atomic mass is 35.5. The largest absolute Gasteiger partial charge is 0.323 e. The summed E-state index contributed by atoms with van der Waals surface area (Å²) in [4.78, 5) is 22.1. The van der Waals surface area contributed by atoms with Crippen LogP contribution in [-0.4, -0.2) is 35.2 Å². The third kappa shape index (κ3) is 2.60. The number of halogens is 1. The Morgan fingerprint density at radius 1 is 1.17 bits per heavy atom. The van der Waals surface area contributed by atoms with Gasteiger partial charge in [0.2, 0.25) is 0 Å². The lowest BCUT2D eigenvalue weighted by Gasteiger charge is -2.32. The van der Waals surface area contributed by atoms with Crippen LogP contribution in [-0.2, 0) is 4.79 Å². The van der Waals surface area contributed by atoms with Crippen LogP contribution in [0.3, 0.4) is 0 Å². The van der Waals surface area contributed by atoms with Crippen LogP contribution in [0.2, 0.25) is 5.02 Å². The maximum Gasteiger partial charge on any atom is 0.252 e. The number of pyridine rings is 1. The van der Waals surface area contributed by atoms with Crippen molar-refractivity contribution in [2.24, 2.45) is 4.99 Å². The number of benzene rings is 1. The Bertz CT molecular complexity index is 813. The fourth-order valence-corrected chi connectivity index (χ4v) is 3.46. The van der Waals surface area contributed by atoms with Gasteiger partial charge >= 0.3 is 0 Å². The molecule has 1 aromatic heterocycles.